The summed E-state index contributed by atoms with van der Waals surface area (Å²) in [6, 6.07) is 15.5. The van der Waals surface area contributed by atoms with E-state index in [1.54, 1.807) is 6.92 Å². The van der Waals surface area contributed by atoms with E-state index in [1.807, 2.05) is 55.5 Å². The molecule has 1 heterocycles. The minimum atomic E-state index is -0.925. The number of para-hydroxylation sites is 1. The molecule has 0 radical (unpaired) electrons. The monoisotopic (exact) mass is 352 g/mol. The van der Waals surface area contributed by atoms with Crippen LogP contribution in [0, 0.1) is 6.92 Å². The molecule has 2 aromatic carbocycles. The predicted octanol–water partition coefficient (Wildman–Crippen LogP) is 4.05. The summed E-state index contributed by atoms with van der Waals surface area (Å²) >= 11 is 0. The highest BCUT2D eigenvalue weighted by Gasteiger charge is 2.24. The van der Waals surface area contributed by atoms with Crippen LogP contribution in [0.3, 0.4) is 0 Å². The van der Waals surface area contributed by atoms with Crippen LogP contribution in [0.4, 0.5) is 0 Å². The molecule has 0 aliphatic heterocycles. The molecule has 0 aliphatic carbocycles. The van der Waals surface area contributed by atoms with Crippen molar-refractivity contribution >= 4 is 5.97 Å². The second kappa shape index (κ2) is 7.82. The fraction of sp³-hybridized carbons (Fsp3) is 0.250. The first-order chi connectivity index (χ1) is 12.6. The number of carbonyl (C=O) groups is 1. The van der Waals surface area contributed by atoms with Crippen LogP contribution < -0.4 is 4.74 Å². The molecule has 1 aromatic heterocycles. The molecule has 0 amide bonds. The largest absolute Gasteiger partial charge is 0.493 e. The molecule has 0 spiro atoms. The van der Waals surface area contributed by atoms with Crippen LogP contribution in [0.2, 0.25) is 0 Å². The smallest absolute Gasteiger partial charge is 0.304 e. The van der Waals surface area contributed by atoms with Crippen molar-refractivity contribution in [3.63, 3.8) is 0 Å². The number of aliphatic carboxylic acids is 1. The number of nitrogens with zero attached hydrogens (tertiary/aromatic N) is 2. The Hall–Kier alpha value is -3.15. The average molecular weight is 352 g/mol. The van der Waals surface area contributed by atoms with Gasteiger partial charge in [0.15, 0.2) is 0 Å². The zero-order chi connectivity index (χ0) is 18.5. The van der Waals surface area contributed by atoms with E-state index in [2.05, 4.69) is 10.2 Å². The highest BCUT2D eigenvalue weighted by atomic mass is 16.5. The van der Waals surface area contributed by atoms with E-state index in [4.69, 9.17) is 9.15 Å². The van der Waals surface area contributed by atoms with Gasteiger partial charge in [-0.25, -0.2) is 0 Å². The van der Waals surface area contributed by atoms with Crippen LogP contribution in [-0.2, 0) is 4.79 Å². The molecule has 6 heteroatoms. The second-order valence-corrected chi connectivity index (χ2v) is 5.86. The number of benzene rings is 2. The van der Waals surface area contributed by atoms with Gasteiger partial charge in [0.05, 0.1) is 18.9 Å². The number of hydrogen-bond acceptors (Lipinski definition) is 5. The van der Waals surface area contributed by atoms with Crippen molar-refractivity contribution in [1.29, 1.82) is 0 Å². The van der Waals surface area contributed by atoms with Gasteiger partial charge in [0.2, 0.25) is 11.8 Å². The fourth-order valence-corrected chi connectivity index (χ4v) is 2.88. The van der Waals surface area contributed by atoms with Crippen LogP contribution in [0.25, 0.3) is 11.1 Å². The lowest BCUT2D eigenvalue weighted by atomic mass is 9.92. The maximum atomic E-state index is 11.3. The summed E-state index contributed by atoms with van der Waals surface area (Å²) in [5, 5.41) is 17.2. The Labute approximate surface area is 151 Å². The maximum absolute atomic E-state index is 11.3. The third kappa shape index (κ3) is 3.91. The van der Waals surface area contributed by atoms with Gasteiger partial charge in [-0.1, -0.05) is 42.5 Å². The first-order valence-electron chi connectivity index (χ1n) is 8.42. The van der Waals surface area contributed by atoms with Gasteiger partial charge < -0.3 is 14.3 Å². The number of hydrogen-bond donors (Lipinski definition) is 1. The highest BCUT2D eigenvalue weighted by Crippen LogP contribution is 2.34. The standard InChI is InChI=1S/C20H20N2O4/c1-3-25-18-10-5-4-9-16(18)14-7-6-8-15(11-14)17(12-19(23)24)20-22-21-13(2)26-20/h4-11,17H,3,12H2,1-2H3,(H,23,24). The van der Waals surface area contributed by atoms with E-state index in [0.717, 1.165) is 22.4 Å². The molecule has 1 atom stereocenters. The number of rotatable bonds is 7. The van der Waals surface area contributed by atoms with Gasteiger partial charge in [0, 0.05) is 12.5 Å². The lowest BCUT2D eigenvalue weighted by Gasteiger charge is -2.14. The van der Waals surface area contributed by atoms with Crippen LogP contribution in [0.5, 0.6) is 5.75 Å². The molecule has 0 aliphatic rings. The molecule has 0 fully saturated rings. The third-order valence-electron chi connectivity index (χ3n) is 4.01. The Morgan fingerprint density at radius 1 is 1.19 bits per heavy atom. The van der Waals surface area contributed by atoms with Crippen molar-refractivity contribution in [2.45, 2.75) is 26.2 Å². The molecule has 1 N–H and O–H groups in total. The van der Waals surface area contributed by atoms with Gasteiger partial charge >= 0.3 is 5.97 Å². The summed E-state index contributed by atoms with van der Waals surface area (Å²) in [4.78, 5) is 11.3. The van der Waals surface area contributed by atoms with Crippen LogP contribution in [0.15, 0.2) is 52.9 Å². The fourth-order valence-electron chi connectivity index (χ4n) is 2.88. The second-order valence-electron chi connectivity index (χ2n) is 5.86. The molecule has 0 saturated carbocycles. The molecular formula is C20H20N2O4. The van der Waals surface area contributed by atoms with Crippen molar-refractivity contribution in [1.82, 2.24) is 10.2 Å². The molecule has 0 saturated heterocycles. The molecular weight excluding hydrogens is 332 g/mol. The Morgan fingerprint density at radius 3 is 2.69 bits per heavy atom. The highest BCUT2D eigenvalue weighted by molar-refractivity contribution is 5.72. The van der Waals surface area contributed by atoms with E-state index < -0.39 is 11.9 Å². The first kappa shape index (κ1) is 17.7. The molecule has 26 heavy (non-hydrogen) atoms. The number of aromatic nitrogens is 2. The molecule has 6 nitrogen and oxygen atoms in total. The van der Waals surface area contributed by atoms with Gasteiger partial charge in [0.25, 0.3) is 0 Å². The van der Waals surface area contributed by atoms with Crippen molar-refractivity contribution in [2.24, 2.45) is 0 Å². The summed E-state index contributed by atoms with van der Waals surface area (Å²) in [6.45, 7) is 4.19. The van der Waals surface area contributed by atoms with Crippen LogP contribution in [-0.4, -0.2) is 27.9 Å². The van der Waals surface area contributed by atoms with Crippen molar-refractivity contribution in [3.05, 3.63) is 65.9 Å². The van der Waals surface area contributed by atoms with Gasteiger partial charge in [0.1, 0.15) is 5.75 Å². The summed E-state index contributed by atoms with van der Waals surface area (Å²) in [5.74, 6) is 0.0721. The molecule has 134 valence electrons. The van der Waals surface area contributed by atoms with Gasteiger partial charge in [-0.2, -0.15) is 0 Å². The molecule has 0 bridgehead atoms. The zero-order valence-corrected chi connectivity index (χ0v) is 14.7. The molecule has 3 aromatic rings. The van der Waals surface area contributed by atoms with Crippen LogP contribution >= 0.6 is 0 Å². The van der Waals surface area contributed by atoms with E-state index in [9.17, 15) is 9.90 Å². The van der Waals surface area contributed by atoms with Crippen molar-refractivity contribution < 1.29 is 19.1 Å². The van der Waals surface area contributed by atoms with Crippen molar-refractivity contribution in [3.8, 4) is 16.9 Å². The van der Waals surface area contributed by atoms with E-state index in [-0.39, 0.29) is 6.42 Å². The maximum Gasteiger partial charge on any atom is 0.304 e. The Balaban J connectivity index is 2.03. The van der Waals surface area contributed by atoms with Gasteiger partial charge in [-0.3, -0.25) is 4.79 Å². The average Bonchev–Trinajstić information content (AvgIpc) is 3.06. The summed E-state index contributed by atoms with van der Waals surface area (Å²) in [6.07, 6.45) is -0.127. The van der Waals surface area contributed by atoms with E-state index in [1.165, 1.54) is 0 Å². The predicted molar refractivity (Wildman–Crippen MR) is 96.2 cm³/mol. The van der Waals surface area contributed by atoms with E-state index >= 15 is 0 Å². The number of aryl methyl sites for hydroxylation is 1. The van der Waals surface area contributed by atoms with Crippen LogP contribution in [0.1, 0.15) is 36.6 Å². The minimum absolute atomic E-state index is 0.127. The summed E-state index contributed by atoms with van der Waals surface area (Å²) in [5.41, 5.74) is 2.70. The number of ether oxygens (including phenoxy) is 1. The first-order valence-corrected chi connectivity index (χ1v) is 8.42. The quantitative estimate of drug-likeness (QED) is 0.690. The Kier molecular flexibility index (Phi) is 5.31. The van der Waals surface area contributed by atoms with Crippen molar-refractivity contribution in [2.75, 3.05) is 6.61 Å². The number of carboxylic acid groups (broad SMARTS) is 1. The van der Waals surface area contributed by atoms with Gasteiger partial charge in [-0.05, 0) is 24.1 Å². The number of carboxylic acids is 1. The summed E-state index contributed by atoms with van der Waals surface area (Å²) < 4.78 is 11.2. The minimum Gasteiger partial charge on any atom is -0.493 e. The summed E-state index contributed by atoms with van der Waals surface area (Å²) in [7, 11) is 0. The van der Waals surface area contributed by atoms with E-state index in [0.29, 0.717) is 18.4 Å². The Bertz CT molecular complexity index is 904. The lowest BCUT2D eigenvalue weighted by molar-refractivity contribution is -0.137. The SMILES string of the molecule is CCOc1ccccc1-c1cccc(C(CC(=O)O)c2nnc(C)o2)c1. The lowest BCUT2D eigenvalue weighted by Crippen LogP contribution is -2.08. The Morgan fingerprint density at radius 2 is 2.00 bits per heavy atom. The third-order valence-corrected chi connectivity index (χ3v) is 4.01. The topological polar surface area (TPSA) is 85.5 Å². The normalized spacial score (nSPS) is 11.9. The zero-order valence-electron chi connectivity index (χ0n) is 14.7. The molecule has 3 rings (SSSR count). The molecule has 1 unspecified atom stereocenters. The van der Waals surface area contributed by atoms with Gasteiger partial charge in [-0.15, -0.1) is 10.2 Å².